The van der Waals surface area contributed by atoms with Crippen LogP contribution in [0.4, 0.5) is 0 Å². The summed E-state index contributed by atoms with van der Waals surface area (Å²) in [7, 11) is 0. The predicted molar refractivity (Wildman–Crippen MR) is 88.0 cm³/mol. The molecule has 2 atom stereocenters. The molecule has 0 aliphatic carbocycles. The van der Waals surface area contributed by atoms with Crippen LogP contribution in [-0.2, 0) is 9.47 Å². The molecule has 0 saturated carbocycles. The summed E-state index contributed by atoms with van der Waals surface area (Å²) in [6.07, 6.45) is 2.92. The molecule has 5 nitrogen and oxygen atoms in total. The smallest absolute Gasteiger partial charge is 0.261 e. The maximum absolute atomic E-state index is 12.5. The van der Waals surface area contributed by atoms with Crippen LogP contribution in [0.25, 0.3) is 0 Å². The van der Waals surface area contributed by atoms with Crippen LogP contribution in [0, 0.1) is 11.8 Å². The van der Waals surface area contributed by atoms with E-state index in [2.05, 4.69) is 5.32 Å². The van der Waals surface area contributed by atoms with Crippen molar-refractivity contribution in [3.05, 3.63) is 21.9 Å². The second-order valence-corrected chi connectivity index (χ2v) is 7.36. The quantitative estimate of drug-likeness (QED) is 0.858. The number of ether oxygens (including phenoxy) is 2. The van der Waals surface area contributed by atoms with E-state index in [1.807, 2.05) is 0 Å². The predicted octanol–water partition coefficient (Wildman–Crippen LogP) is 2.51. The first-order chi connectivity index (χ1) is 11.1. The molecule has 0 radical (unpaired) electrons. The largest absolute Gasteiger partial charge is 0.381 e. The zero-order valence-corrected chi connectivity index (χ0v) is 14.2. The first-order valence-corrected chi connectivity index (χ1v) is 9.04. The fraction of sp³-hybridized carbons (Fsp3) is 0.647. The number of carbonyl (C=O) groups excluding carboxylic acids is 2. The van der Waals surface area contributed by atoms with E-state index in [0.717, 1.165) is 32.5 Å². The zero-order valence-electron chi connectivity index (χ0n) is 13.4. The van der Waals surface area contributed by atoms with Crippen LogP contribution in [0.3, 0.4) is 0 Å². The highest BCUT2D eigenvalue weighted by Gasteiger charge is 2.34. The summed E-state index contributed by atoms with van der Waals surface area (Å²) in [4.78, 5) is 25.1. The van der Waals surface area contributed by atoms with E-state index in [4.69, 9.17) is 9.47 Å². The SMILES string of the molecule is CC(=O)c1ccc(C(=O)N[C@@H]2CCOC[C@@H]2C2CCOCC2)s1. The standard InChI is InChI=1S/C17H23NO4S/c1-11(19)15-2-3-16(23-15)17(20)18-14-6-9-22-10-13(14)12-4-7-21-8-5-12/h2-3,12-14H,4-10H2,1H3,(H,18,20)/t13-,14-/m1/s1. The molecule has 2 saturated heterocycles. The van der Waals surface area contributed by atoms with Gasteiger partial charge in [-0.3, -0.25) is 9.59 Å². The van der Waals surface area contributed by atoms with Gasteiger partial charge >= 0.3 is 0 Å². The molecular formula is C17H23NO4S. The van der Waals surface area contributed by atoms with Crippen LogP contribution in [0.2, 0.25) is 0 Å². The Hall–Kier alpha value is -1.24. The molecule has 2 aliphatic heterocycles. The minimum absolute atomic E-state index is 0.000184. The van der Waals surface area contributed by atoms with Crippen molar-refractivity contribution in [3.8, 4) is 0 Å². The molecule has 0 unspecified atom stereocenters. The summed E-state index contributed by atoms with van der Waals surface area (Å²) in [6.45, 7) is 4.52. The second kappa shape index (κ2) is 7.55. The Morgan fingerprint density at radius 2 is 1.78 bits per heavy atom. The second-order valence-electron chi connectivity index (χ2n) is 6.28. The molecule has 0 spiro atoms. The maximum atomic E-state index is 12.5. The minimum Gasteiger partial charge on any atom is -0.381 e. The number of carbonyl (C=O) groups is 2. The average molecular weight is 337 g/mol. The van der Waals surface area contributed by atoms with E-state index in [0.29, 0.717) is 34.8 Å². The Kier molecular flexibility index (Phi) is 5.46. The lowest BCUT2D eigenvalue weighted by molar-refractivity contribution is -0.0259. The summed E-state index contributed by atoms with van der Waals surface area (Å²) in [6, 6.07) is 3.60. The van der Waals surface area contributed by atoms with Gasteiger partial charge in [-0.05, 0) is 44.2 Å². The molecule has 3 rings (SSSR count). The first-order valence-electron chi connectivity index (χ1n) is 8.22. The maximum Gasteiger partial charge on any atom is 0.261 e. The molecule has 2 fully saturated rings. The Morgan fingerprint density at radius 1 is 1.09 bits per heavy atom. The number of Topliss-reactive ketones (excluding diaryl/α,β-unsaturated/α-hetero) is 1. The minimum atomic E-state index is -0.0774. The highest BCUT2D eigenvalue weighted by Crippen LogP contribution is 2.30. The van der Waals surface area contributed by atoms with Gasteiger partial charge in [-0.1, -0.05) is 0 Å². The van der Waals surface area contributed by atoms with E-state index >= 15 is 0 Å². The Morgan fingerprint density at radius 3 is 2.48 bits per heavy atom. The Labute approximate surface area is 140 Å². The van der Waals surface area contributed by atoms with Crippen LogP contribution in [0.1, 0.15) is 45.5 Å². The highest BCUT2D eigenvalue weighted by atomic mass is 32.1. The van der Waals surface area contributed by atoms with E-state index in [9.17, 15) is 9.59 Å². The number of ketones is 1. The molecule has 23 heavy (non-hydrogen) atoms. The summed E-state index contributed by atoms with van der Waals surface area (Å²) >= 11 is 1.26. The van der Waals surface area contributed by atoms with Crippen LogP contribution >= 0.6 is 11.3 Å². The van der Waals surface area contributed by atoms with Gasteiger partial charge in [-0.25, -0.2) is 0 Å². The van der Waals surface area contributed by atoms with Crippen molar-refractivity contribution in [3.63, 3.8) is 0 Å². The lowest BCUT2D eigenvalue weighted by Crippen LogP contribution is -2.49. The molecule has 1 N–H and O–H groups in total. The summed E-state index contributed by atoms with van der Waals surface area (Å²) in [5.74, 6) is 0.820. The number of hydrogen-bond acceptors (Lipinski definition) is 5. The fourth-order valence-electron chi connectivity index (χ4n) is 3.44. The lowest BCUT2D eigenvalue weighted by Gasteiger charge is -2.38. The third-order valence-electron chi connectivity index (χ3n) is 4.77. The number of rotatable bonds is 4. The average Bonchev–Trinajstić information content (AvgIpc) is 3.07. The molecule has 2 aliphatic rings. The number of nitrogens with one attached hydrogen (secondary N) is 1. The third kappa shape index (κ3) is 4.00. The first kappa shape index (κ1) is 16.6. The molecule has 1 aromatic heterocycles. The van der Waals surface area contributed by atoms with Crippen molar-refractivity contribution in [2.24, 2.45) is 11.8 Å². The van der Waals surface area contributed by atoms with Gasteiger partial charge in [-0.2, -0.15) is 0 Å². The van der Waals surface area contributed by atoms with Crippen molar-refractivity contribution < 1.29 is 19.1 Å². The van der Waals surface area contributed by atoms with Gasteiger partial charge in [-0.15, -0.1) is 11.3 Å². The lowest BCUT2D eigenvalue weighted by atomic mass is 9.79. The van der Waals surface area contributed by atoms with Crippen molar-refractivity contribution in [2.45, 2.75) is 32.2 Å². The van der Waals surface area contributed by atoms with Crippen molar-refractivity contribution in [1.29, 1.82) is 0 Å². The zero-order chi connectivity index (χ0) is 16.2. The molecule has 126 valence electrons. The van der Waals surface area contributed by atoms with Gasteiger partial charge < -0.3 is 14.8 Å². The summed E-state index contributed by atoms with van der Waals surface area (Å²) in [5, 5.41) is 3.17. The molecule has 0 bridgehead atoms. The van der Waals surface area contributed by atoms with Crippen LogP contribution in [-0.4, -0.2) is 44.2 Å². The van der Waals surface area contributed by atoms with Gasteiger partial charge in [0.2, 0.25) is 0 Å². The number of thiophene rings is 1. The van der Waals surface area contributed by atoms with Crippen molar-refractivity contribution in [1.82, 2.24) is 5.32 Å². The third-order valence-corrected chi connectivity index (χ3v) is 5.95. The van der Waals surface area contributed by atoms with Crippen LogP contribution in [0.15, 0.2) is 12.1 Å². The normalized spacial score (nSPS) is 26.0. The van der Waals surface area contributed by atoms with Gasteiger partial charge in [0.1, 0.15) is 0 Å². The number of hydrogen-bond donors (Lipinski definition) is 1. The molecule has 1 amide bonds. The van der Waals surface area contributed by atoms with E-state index in [-0.39, 0.29) is 17.7 Å². The number of amides is 1. The molecule has 6 heteroatoms. The molecule has 0 aromatic carbocycles. The summed E-state index contributed by atoms with van der Waals surface area (Å²) in [5.41, 5.74) is 0. The van der Waals surface area contributed by atoms with Crippen molar-refractivity contribution >= 4 is 23.0 Å². The van der Waals surface area contributed by atoms with E-state index in [1.54, 1.807) is 12.1 Å². The van der Waals surface area contributed by atoms with Gasteiger partial charge in [0.25, 0.3) is 5.91 Å². The van der Waals surface area contributed by atoms with E-state index in [1.165, 1.54) is 18.3 Å². The van der Waals surface area contributed by atoms with Crippen LogP contribution < -0.4 is 5.32 Å². The molecule has 3 heterocycles. The van der Waals surface area contributed by atoms with Gasteiger partial charge in [0.05, 0.1) is 16.4 Å². The van der Waals surface area contributed by atoms with E-state index < -0.39 is 0 Å². The summed E-state index contributed by atoms with van der Waals surface area (Å²) < 4.78 is 11.1. The van der Waals surface area contributed by atoms with Gasteiger partial charge in [0, 0.05) is 31.8 Å². The highest BCUT2D eigenvalue weighted by molar-refractivity contribution is 7.15. The molecule has 1 aromatic rings. The van der Waals surface area contributed by atoms with Gasteiger partial charge in [0.15, 0.2) is 5.78 Å². The van der Waals surface area contributed by atoms with Crippen molar-refractivity contribution in [2.75, 3.05) is 26.4 Å². The monoisotopic (exact) mass is 337 g/mol. The van der Waals surface area contributed by atoms with Crippen LogP contribution in [0.5, 0.6) is 0 Å². The molecular weight excluding hydrogens is 314 g/mol. The Bertz CT molecular complexity index is 565. The Balaban J connectivity index is 1.65. The topological polar surface area (TPSA) is 64.6 Å². The fourth-order valence-corrected chi connectivity index (χ4v) is 4.24.